The molecule has 1 aliphatic heterocycles. The van der Waals surface area contributed by atoms with Gasteiger partial charge in [0, 0.05) is 5.56 Å². The highest BCUT2D eigenvalue weighted by Gasteiger charge is 2.45. The number of alkyl halides is 3. The van der Waals surface area contributed by atoms with Crippen LogP contribution in [0.3, 0.4) is 0 Å². The van der Waals surface area contributed by atoms with Crippen molar-refractivity contribution in [1.29, 1.82) is 0 Å². The number of esters is 1. The number of carbonyl (C=O) groups is 1. The van der Waals surface area contributed by atoms with E-state index >= 15 is 0 Å². The zero-order valence-corrected chi connectivity index (χ0v) is 10.4. The molecular formula is C12H12F3NO4. The van der Waals surface area contributed by atoms with Crippen molar-refractivity contribution in [2.45, 2.75) is 25.4 Å². The van der Waals surface area contributed by atoms with Gasteiger partial charge in [0.2, 0.25) is 6.17 Å². The lowest BCUT2D eigenvalue weighted by Crippen LogP contribution is -2.32. The Hall–Kier alpha value is -1.96. The van der Waals surface area contributed by atoms with E-state index in [1.807, 2.05) is 0 Å². The van der Waals surface area contributed by atoms with Gasteiger partial charge in [0.15, 0.2) is 11.5 Å². The molecule has 1 heterocycles. The first-order valence-corrected chi connectivity index (χ1v) is 5.80. The van der Waals surface area contributed by atoms with Crippen LogP contribution in [-0.4, -0.2) is 25.0 Å². The summed E-state index contributed by atoms with van der Waals surface area (Å²) in [6, 6.07) is 2.35. The van der Waals surface area contributed by atoms with Gasteiger partial charge in [-0.2, -0.15) is 0 Å². The van der Waals surface area contributed by atoms with Crippen molar-refractivity contribution < 1.29 is 32.2 Å². The number of hydrogen-bond donors (Lipinski definition) is 1. The topological polar surface area (TPSA) is 70.8 Å². The van der Waals surface area contributed by atoms with Crippen LogP contribution in [0.2, 0.25) is 0 Å². The van der Waals surface area contributed by atoms with Crippen molar-refractivity contribution in [2.75, 3.05) is 6.61 Å². The van der Waals surface area contributed by atoms with Gasteiger partial charge in [-0.25, -0.2) is 9.18 Å². The minimum absolute atomic E-state index is 0.0173. The van der Waals surface area contributed by atoms with E-state index in [1.165, 1.54) is 25.1 Å². The zero-order chi connectivity index (χ0) is 14.9. The van der Waals surface area contributed by atoms with Gasteiger partial charge in [-0.3, -0.25) is 0 Å². The number of halogens is 3. The molecule has 0 saturated carbocycles. The quantitative estimate of drug-likeness (QED) is 0.858. The first-order valence-electron chi connectivity index (χ1n) is 5.80. The first-order chi connectivity index (χ1) is 9.35. The molecule has 20 heavy (non-hydrogen) atoms. The predicted molar refractivity (Wildman–Crippen MR) is 61.1 cm³/mol. The Morgan fingerprint density at radius 3 is 2.80 bits per heavy atom. The fourth-order valence-electron chi connectivity index (χ4n) is 1.78. The monoisotopic (exact) mass is 291 g/mol. The molecule has 0 spiro atoms. The molecule has 0 aliphatic carbocycles. The minimum atomic E-state index is -3.84. The number of carbonyl (C=O) groups excluding carboxylic acids is 1. The predicted octanol–water partition coefficient (Wildman–Crippen LogP) is 1.91. The van der Waals surface area contributed by atoms with Crippen LogP contribution in [0.25, 0.3) is 0 Å². The normalized spacial score (nSPS) is 18.4. The van der Waals surface area contributed by atoms with Crippen LogP contribution in [0.1, 0.15) is 18.5 Å². The van der Waals surface area contributed by atoms with E-state index in [0.717, 1.165) is 0 Å². The van der Waals surface area contributed by atoms with E-state index in [9.17, 15) is 18.0 Å². The maximum absolute atomic E-state index is 13.8. The van der Waals surface area contributed by atoms with Crippen LogP contribution in [-0.2, 0) is 9.53 Å². The van der Waals surface area contributed by atoms with Gasteiger partial charge in [-0.05, 0) is 13.0 Å². The molecule has 0 bridgehead atoms. The molecule has 0 aromatic heterocycles. The molecule has 5 nitrogen and oxygen atoms in total. The molecule has 2 rings (SSSR count). The molecule has 0 saturated heterocycles. The van der Waals surface area contributed by atoms with Gasteiger partial charge in [-0.15, -0.1) is 8.78 Å². The van der Waals surface area contributed by atoms with Crippen molar-refractivity contribution in [1.82, 2.24) is 0 Å². The molecule has 0 fully saturated rings. The third-order valence-corrected chi connectivity index (χ3v) is 2.65. The SMILES string of the molecule is CCOC(=O)C(F)[C@@H](N)c1cccc2c1OC(F)(F)O2. The second-order valence-electron chi connectivity index (χ2n) is 4.02. The van der Waals surface area contributed by atoms with Gasteiger partial charge in [0.25, 0.3) is 0 Å². The first kappa shape index (κ1) is 14.4. The Kier molecular flexibility index (Phi) is 3.76. The van der Waals surface area contributed by atoms with Crippen molar-refractivity contribution in [3.63, 3.8) is 0 Å². The average molecular weight is 291 g/mol. The zero-order valence-electron chi connectivity index (χ0n) is 10.4. The maximum atomic E-state index is 13.8. The average Bonchev–Trinajstić information content (AvgIpc) is 2.70. The third-order valence-electron chi connectivity index (χ3n) is 2.65. The van der Waals surface area contributed by atoms with Crippen LogP contribution in [0.4, 0.5) is 13.2 Å². The van der Waals surface area contributed by atoms with Crippen LogP contribution in [0, 0.1) is 0 Å². The van der Waals surface area contributed by atoms with E-state index in [0.29, 0.717) is 0 Å². The molecule has 110 valence electrons. The lowest BCUT2D eigenvalue weighted by molar-refractivity contribution is -0.287. The fraction of sp³-hybridized carbons (Fsp3) is 0.417. The Balaban J connectivity index is 2.27. The molecule has 1 unspecified atom stereocenters. The fourth-order valence-corrected chi connectivity index (χ4v) is 1.78. The highest BCUT2D eigenvalue weighted by atomic mass is 19.3. The molecule has 8 heteroatoms. The Labute approximate surface area is 112 Å². The molecule has 1 aromatic carbocycles. The molecule has 0 radical (unpaired) electrons. The molecular weight excluding hydrogens is 279 g/mol. The van der Waals surface area contributed by atoms with Crippen molar-refractivity contribution in [3.8, 4) is 11.5 Å². The summed E-state index contributed by atoms with van der Waals surface area (Å²) in [5.74, 6) is -1.81. The third kappa shape index (κ3) is 2.64. The smallest absolute Gasteiger partial charge is 0.464 e. The Morgan fingerprint density at radius 1 is 1.45 bits per heavy atom. The van der Waals surface area contributed by atoms with Crippen molar-refractivity contribution in [2.24, 2.45) is 5.73 Å². The number of ether oxygens (including phenoxy) is 3. The summed E-state index contributed by atoms with van der Waals surface area (Å²) in [5.41, 5.74) is 5.48. The van der Waals surface area contributed by atoms with Crippen molar-refractivity contribution in [3.05, 3.63) is 23.8 Å². The second-order valence-corrected chi connectivity index (χ2v) is 4.02. The molecule has 1 aromatic rings. The number of hydrogen-bond acceptors (Lipinski definition) is 5. The van der Waals surface area contributed by atoms with Crippen LogP contribution in [0.5, 0.6) is 11.5 Å². The molecule has 1 aliphatic rings. The van der Waals surface area contributed by atoms with Gasteiger partial charge in [0.05, 0.1) is 12.6 Å². The van der Waals surface area contributed by atoms with Crippen molar-refractivity contribution >= 4 is 5.97 Å². The minimum Gasteiger partial charge on any atom is -0.464 e. The summed E-state index contributed by atoms with van der Waals surface area (Å²) < 4.78 is 52.8. The van der Waals surface area contributed by atoms with Gasteiger partial charge < -0.3 is 19.9 Å². The molecule has 2 atom stereocenters. The van der Waals surface area contributed by atoms with Crippen LogP contribution in [0.15, 0.2) is 18.2 Å². The molecule has 2 N–H and O–H groups in total. The molecule has 0 amide bonds. The number of fused-ring (bicyclic) bond motifs is 1. The van der Waals surface area contributed by atoms with E-state index in [1.54, 1.807) is 0 Å². The second kappa shape index (κ2) is 5.20. The number of para-hydroxylation sites is 1. The lowest BCUT2D eigenvalue weighted by Gasteiger charge is -2.17. The lowest BCUT2D eigenvalue weighted by atomic mass is 10.0. The highest BCUT2D eigenvalue weighted by Crippen LogP contribution is 2.45. The Morgan fingerprint density at radius 2 is 2.15 bits per heavy atom. The van der Waals surface area contributed by atoms with Gasteiger partial charge >= 0.3 is 12.3 Å². The largest absolute Gasteiger partial charge is 0.586 e. The highest BCUT2D eigenvalue weighted by molar-refractivity contribution is 5.76. The van der Waals surface area contributed by atoms with E-state index < -0.39 is 24.5 Å². The van der Waals surface area contributed by atoms with Crippen LogP contribution < -0.4 is 15.2 Å². The summed E-state index contributed by atoms with van der Waals surface area (Å²) in [7, 11) is 0. The van der Waals surface area contributed by atoms with Crippen LogP contribution >= 0.6 is 0 Å². The summed E-state index contributed by atoms with van der Waals surface area (Å²) in [5, 5.41) is 0. The van der Waals surface area contributed by atoms with E-state index in [-0.39, 0.29) is 23.7 Å². The number of rotatable bonds is 4. The van der Waals surface area contributed by atoms with Gasteiger partial charge in [-0.1, -0.05) is 12.1 Å². The summed E-state index contributed by atoms with van der Waals surface area (Å²) in [6.45, 7) is 1.49. The Bertz CT molecular complexity index is 523. The number of nitrogens with two attached hydrogens (primary N) is 1. The van der Waals surface area contributed by atoms with E-state index in [4.69, 9.17) is 5.73 Å². The maximum Gasteiger partial charge on any atom is 0.586 e. The van der Waals surface area contributed by atoms with E-state index in [2.05, 4.69) is 14.2 Å². The van der Waals surface area contributed by atoms with Gasteiger partial charge in [0.1, 0.15) is 0 Å². The summed E-state index contributed by atoms with van der Waals surface area (Å²) in [4.78, 5) is 11.3. The number of benzene rings is 1. The summed E-state index contributed by atoms with van der Waals surface area (Å²) in [6.07, 6.45) is -6.03. The summed E-state index contributed by atoms with van der Waals surface area (Å²) >= 11 is 0. The standard InChI is InChI=1S/C12H12F3NO4/c1-2-18-11(17)8(13)9(16)6-4-3-5-7-10(6)20-12(14,15)19-7/h3-5,8-9H,2,16H2,1H3/t8?,9-/m0/s1.